The number of nitrogens with zero attached hydrogens (tertiary/aromatic N) is 1. The molecule has 1 unspecified atom stereocenters. The SMILES string of the molecule is CN=C(NCCCOc1ccccc1)NCC(Cc1ccc(F)cc1)C(N)=O.I. The van der Waals surface area contributed by atoms with Crippen LogP contribution in [0.15, 0.2) is 59.6 Å². The summed E-state index contributed by atoms with van der Waals surface area (Å²) >= 11 is 0. The number of aliphatic imine (C=N–C) groups is 1. The molecule has 8 heteroatoms. The van der Waals surface area contributed by atoms with Gasteiger partial charge in [0.1, 0.15) is 11.6 Å². The molecule has 0 bridgehead atoms. The van der Waals surface area contributed by atoms with Crippen molar-refractivity contribution in [1.29, 1.82) is 0 Å². The van der Waals surface area contributed by atoms with Gasteiger partial charge in [-0.25, -0.2) is 4.39 Å². The minimum atomic E-state index is -0.426. The number of hydrogen-bond donors (Lipinski definition) is 3. The van der Waals surface area contributed by atoms with Crippen molar-refractivity contribution in [1.82, 2.24) is 10.6 Å². The fourth-order valence-electron chi connectivity index (χ4n) is 2.60. The summed E-state index contributed by atoms with van der Waals surface area (Å²) < 4.78 is 18.7. The molecule has 2 rings (SSSR count). The number of primary amides is 1. The van der Waals surface area contributed by atoms with Gasteiger partial charge in [0.15, 0.2) is 5.96 Å². The second-order valence-electron chi connectivity index (χ2n) is 6.32. The van der Waals surface area contributed by atoms with E-state index >= 15 is 0 Å². The molecule has 0 heterocycles. The predicted molar refractivity (Wildman–Crippen MR) is 124 cm³/mol. The number of rotatable bonds is 10. The largest absolute Gasteiger partial charge is 0.494 e. The van der Waals surface area contributed by atoms with Gasteiger partial charge in [-0.05, 0) is 42.7 Å². The minimum absolute atomic E-state index is 0. The molecular formula is C21H28FIN4O2. The van der Waals surface area contributed by atoms with E-state index in [1.807, 2.05) is 30.3 Å². The highest BCUT2D eigenvalue weighted by Crippen LogP contribution is 2.10. The predicted octanol–water partition coefficient (Wildman–Crippen LogP) is 2.72. The number of nitrogens with two attached hydrogens (primary N) is 1. The highest BCUT2D eigenvalue weighted by Gasteiger charge is 2.16. The van der Waals surface area contributed by atoms with Gasteiger partial charge >= 0.3 is 0 Å². The first-order chi connectivity index (χ1) is 13.6. The molecule has 0 saturated heterocycles. The summed E-state index contributed by atoms with van der Waals surface area (Å²) in [5.41, 5.74) is 6.36. The first-order valence-electron chi connectivity index (χ1n) is 9.24. The molecule has 0 aromatic heterocycles. The lowest BCUT2D eigenvalue weighted by atomic mass is 9.98. The average Bonchev–Trinajstić information content (AvgIpc) is 2.71. The van der Waals surface area contributed by atoms with E-state index < -0.39 is 11.8 Å². The number of nitrogens with one attached hydrogen (secondary N) is 2. The maximum absolute atomic E-state index is 13.0. The maximum atomic E-state index is 13.0. The van der Waals surface area contributed by atoms with E-state index in [1.165, 1.54) is 12.1 Å². The number of halogens is 2. The van der Waals surface area contributed by atoms with Gasteiger partial charge in [-0.15, -0.1) is 24.0 Å². The highest BCUT2D eigenvalue weighted by atomic mass is 127. The standard InChI is InChI=1S/C21H27FN4O2.HI/c1-24-21(25-12-5-13-28-19-6-3-2-4-7-19)26-15-17(20(23)27)14-16-8-10-18(22)11-9-16;/h2-4,6-11,17H,5,12-15H2,1H3,(H2,23,27)(H2,24,25,26);1H. The molecule has 0 aliphatic heterocycles. The molecule has 2 aromatic rings. The third kappa shape index (κ3) is 9.60. The molecule has 1 atom stereocenters. The Bertz CT molecular complexity index is 757. The first kappa shape index (κ1) is 24.7. The van der Waals surface area contributed by atoms with Gasteiger partial charge in [0.2, 0.25) is 5.91 Å². The van der Waals surface area contributed by atoms with Crippen molar-refractivity contribution in [3.05, 3.63) is 66.0 Å². The highest BCUT2D eigenvalue weighted by molar-refractivity contribution is 14.0. The van der Waals surface area contributed by atoms with E-state index in [0.717, 1.165) is 17.7 Å². The van der Waals surface area contributed by atoms with Crippen molar-refractivity contribution in [3.8, 4) is 5.75 Å². The third-order valence-electron chi connectivity index (χ3n) is 4.16. The first-order valence-corrected chi connectivity index (χ1v) is 9.24. The number of benzene rings is 2. The van der Waals surface area contributed by atoms with Crippen molar-refractivity contribution in [2.24, 2.45) is 16.6 Å². The summed E-state index contributed by atoms with van der Waals surface area (Å²) in [6.45, 7) is 1.60. The van der Waals surface area contributed by atoms with Crippen molar-refractivity contribution in [2.75, 3.05) is 26.7 Å². The second kappa shape index (κ2) is 13.8. The molecule has 0 aliphatic rings. The van der Waals surface area contributed by atoms with Gasteiger partial charge in [0, 0.05) is 20.1 Å². The summed E-state index contributed by atoms with van der Waals surface area (Å²) in [4.78, 5) is 15.9. The zero-order valence-electron chi connectivity index (χ0n) is 16.4. The van der Waals surface area contributed by atoms with Crippen LogP contribution in [0.1, 0.15) is 12.0 Å². The molecule has 158 valence electrons. The van der Waals surface area contributed by atoms with Gasteiger partial charge < -0.3 is 21.1 Å². The molecule has 0 aliphatic carbocycles. The van der Waals surface area contributed by atoms with Gasteiger partial charge in [0.05, 0.1) is 12.5 Å². The van der Waals surface area contributed by atoms with Crippen LogP contribution in [-0.2, 0) is 11.2 Å². The Hall–Kier alpha value is -2.36. The van der Waals surface area contributed by atoms with Crippen molar-refractivity contribution >= 4 is 35.8 Å². The third-order valence-corrected chi connectivity index (χ3v) is 4.16. The molecule has 0 spiro atoms. The summed E-state index contributed by atoms with van der Waals surface area (Å²) in [6, 6.07) is 15.7. The van der Waals surface area contributed by atoms with E-state index in [4.69, 9.17) is 10.5 Å². The molecule has 4 N–H and O–H groups in total. The van der Waals surface area contributed by atoms with E-state index in [1.54, 1.807) is 19.2 Å². The van der Waals surface area contributed by atoms with Crippen LogP contribution < -0.4 is 21.1 Å². The molecule has 29 heavy (non-hydrogen) atoms. The van der Waals surface area contributed by atoms with Crippen molar-refractivity contribution < 1.29 is 13.9 Å². The Kier molecular flexibility index (Phi) is 11.7. The van der Waals surface area contributed by atoms with Crippen LogP contribution in [-0.4, -0.2) is 38.6 Å². The molecular weight excluding hydrogens is 486 g/mol. The monoisotopic (exact) mass is 514 g/mol. The second-order valence-corrected chi connectivity index (χ2v) is 6.32. The Morgan fingerprint density at radius 2 is 1.83 bits per heavy atom. The normalized spacial score (nSPS) is 11.9. The van der Waals surface area contributed by atoms with E-state index in [2.05, 4.69) is 15.6 Å². The van der Waals surface area contributed by atoms with Crippen LogP contribution in [0.3, 0.4) is 0 Å². The fraction of sp³-hybridized carbons (Fsp3) is 0.333. The van der Waals surface area contributed by atoms with Gasteiger partial charge in [0.25, 0.3) is 0 Å². The molecule has 6 nitrogen and oxygen atoms in total. The quantitative estimate of drug-likeness (QED) is 0.197. The molecule has 2 aromatic carbocycles. The van der Waals surface area contributed by atoms with Crippen molar-refractivity contribution in [3.63, 3.8) is 0 Å². The number of hydrogen-bond acceptors (Lipinski definition) is 3. The summed E-state index contributed by atoms with van der Waals surface area (Å²) in [7, 11) is 1.66. The number of carbonyl (C=O) groups is 1. The maximum Gasteiger partial charge on any atom is 0.222 e. The lowest BCUT2D eigenvalue weighted by molar-refractivity contribution is -0.121. The van der Waals surface area contributed by atoms with E-state index in [-0.39, 0.29) is 29.8 Å². The lowest BCUT2D eigenvalue weighted by Gasteiger charge is -2.17. The molecule has 0 radical (unpaired) electrons. The van der Waals surface area contributed by atoms with E-state index in [9.17, 15) is 9.18 Å². The molecule has 0 fully saturated rings. The number of para-hydroxylation sites is 1. The molecule has 0 saturated carbocycles. The van der Waals surface area contributed by atoms with Gasteiger partial charge in [-0.2, -0.15) is 0 Å². The zero-order valence-corrected chi connectivity index (χ0v) is 18.8. The Balaban J connectivity index is 0.00000420. The zero-order chi connectivity index (χ0) is 20.2. The van der Waals surface area contributed by atoms with Crippen LogP contribution in [0.2, 0.25) is 0 Å². The molecule has 1 amide bonds. The summed E-state index contributed by atoms with van der Waals surface area (Å²) in [5, 5.41) is 6.29. The Labute approximate surface area is 188 Å². The number of carbonyl (C=O) groups excluding carboxylic acids is 1. The number of amides is 1. The summed E-state index contributed by atoms with van der Waals surface area (Å²) in [6.07, 6.45) is 1.23. The topological polar surface area (TPSA) is 88.7 Å². The fourth-order valence-corrected chi connectivity index (χ4v) is 2.60. The van der Waals surface area contributed by atoms with Crippen molar-refractivity contribution in [2.45, 2.75) is 12.8 Å². The minimum Gasteiger partial charge on any atom is -0.494 e. The van der Waals surface area contributed by atoms with Gasteiger partial charge in [-0.3, -0.25) is 9.79 Å². The Morgan fingerprint density at radius 3 is 2.45 bits per heavy atom. The Morgan fingerprint density at radius 1 is 1.14 bits per heavy atom. The van der Waals surface area contributed by atoms with Crippen LogP contribution in [0.4, 0.5) is 4.39 Å². The number of ether oxygens (including phenoxy) is 1. The van der Waals surface area contributed by atoms with Crippen LogP contribution in [0.5, 0.6) is 5.75 Å². The smallest absolute Gasteiger partial charge is 0.222 e. The van der Waals surface area contributed by atoms with Crippen LogP contribution >= 0.6 is 24.0 Å². The van der Waals surface area contributed by atoms with Gasteiger partial charge in [-0.1, -0.05) is 30.3 Å². The van der Waals surface area contributed by atoms with Crippen LogP contribution in [0, 0.1) is 11.7 Å². The average molecular weight is 514 g/mol. The van der Waals surface area contributed by atoms with Crippen LogP contribution in [0.25, 0.3) is 0 Å². The summed E-state index contributed by atoms with van der Waals surface area (Å²) in [5.74, 6) is 0.285. The van der Waals surface area contributed by atoms with E-state index in [0.29, 0.717) is 32.1 Å². The lowest BCUT2D eigenvalue weighted by Crippen LogP contribution is -2.43. The number of guanidine groups is 1.